The number of nitrogens with two attached hydrogens (primary N) is 1. The van der Waals surface area contributed by atoms with Crippen molar-refractivity contribution in [3.05, 3.63) is 79.3 Å². The van der Waals surface area contributed by atoms with Gasteiger partial charge in [0, 0.05) is 34.3 Å². The monoisotopic (exact) mass is 364 g/mol. The van der Waals surface area contributed by atoms with Gasteiger partial charge in [-0.05, 0) is 24.3 Å². The third kappa shape index (κ3) is 2.97. The van der Waals surface area contributed by atoms with Gasteiger partial charge in [-0.15, -0.1) is 0 Å². The number of nitrogen functional groups attached to an aromatic ring is 1. The van der Waals surface area contributed by atoms with Crippen LogP contribution in [0.3, 0.4) is 0 Å². The second kappa shape index (κ2) is 6.59. The van der Waals surface area contributed by atoms with E-state index in [0.29, 0.717) is 11.8 Å². The average Bonchev–Trinajstić information content (AvgIpc) is 2.73. The minimum Gasteiger partial charge on any atom is -0.383 e. The van der Waals surface area contributed by atoms with Gasteiger partial charge in [-0.3, -0.25) is 9.97 Å². The van der Waals surface area contributed by atoms with Crippen LogP contribution in [-0.2, 0) is 0 Å². The van der Waals surface area contributed by atoms with Crippen LogP contribution >= 0.6 is 0 Å². The number of hydrogen-bond acceptors (Lipinski definition) is 6. The molecule has 3 aromatic heterocycles. The van der Waals surface area contributed by atoms with Gasteiger partial charge in [0.25, 0.3) is 0 Å². The molecule has 0 radical (unpaired) electrons. The normalized spacial score (nSPS) is 11.0. The molecule has 0 aliphatic carbocycles. The lowest BCUT2D eigenvalue weighted by molar-refractivity contribution is 1.17. The highest BCUT2D eigenvalue weighted by Gasteiger charge is 2.09. The van der Waals surface area contributed by atoms with E-state index in [1.165, 1.54) is 0 Å². The standard InChI is InChI=1S/C22H16N6/c23-21-18(16-9-14-5-1-3-7-19(14)24-11-16)13-26-22(28-21)27-17-10-15-6-2-4-8-20(15)25-12-17/h1-13H,(H3,23,26,27,28). The largest absolute Gasteiger partial charge is 0.383 e. The Balaban J connectivity index is 1.46. The predicted molar refractivity (Wildman–Crippen MR) is 112 cm³/mol. The van der Waals surface area contributed by atoms with Crippen molar-refractivity contribution in [2.24, 2.45) is 0 Å². The molecule has 0 saturated heterocycles. The van der Waals surface area contributed by atoms with Gasteiger partial charge in [0.05, 0.1) is 22.9 Å². The maximum absolute atomic E-state index is 6.21. The molecule has 3 heterocycles. The Bertz CT molecular complexity index is 1310. The molecule has 0 amide bonds. The zero-order valence-electron chi connectivity index (χ0n) is 14.9. The summed E-state index contributed by atoms with van der Waals surface area (Å²) >= 11 is 0. The Kier molecular flexibility index (Phi) is 3.80. The zero-order chi connectivity index (χ0) is 18.9. The molecule has 5 rings (SSSR count). The summed E-state index contributed by atoms with van der Waals surface area (Å²) in [4.78, 5) is 17.7. The minimum atomic E-state index is 0.392. The fourth-order valence-electron chi connectivity index (χ4n) is 3.16. The molecule has 6 heteroatoms. The first-order chi connectivity index (χ1) is 13.8. The molecular formula is C22H16N6. The molecule has 5 aromatic rings. The molecule has 28 heavy (non-hydrogen) atoms. The van der Waals surface area contributed by atoms with Crippen LogP contribution < -0.4 is 11.1 Å². The summed E-state index contributed by atoms with van der Waals surface area (Å²) in [5, 5.41) is 5.25. The maximum Gasteiger partial charge on any atom is 0.229 e. The number of para-hydroxylation sites is 2. The van der Waals surface area contributed by atoms with E-state index in [-0.39, 0.29) is 0 Å². The third-order valence-electron chi connectivity index (χ3n) is 4.57. The van der Waals surface area contributed by atoms with E-state index in [2.05, 4.69) is 25.3 Å². The van der Waals surface area contributed by atoms with Crippen molar-refractivity contribution in [1.29, 1.82) is 0 Å². The van der Waals surface area contributed by atoms with Crippen LogP contribution in [0.4, 0.5) is 17.5 Å². The summed E-state index contributed by atoms with van der Waals surface area (Å²) in [6.07, 6.45) is 5.26. The molecule has 0 spiro atoms. The molecule has 134 valence electrons. The minimum absolute atomic E-state index is 0.392. The van der Waals surface area contributed by atoms with Crippen molar-refractivity contribution >= 4 is 39.3 Å². The van der Waals surface area contributed by atoms with Crippen LogP contribution in [0.25, 0.3) is 32.9 Å². The zero-order valence-corrected chi connectivity index (χ0v) is 14.9. The quantitative estimate of drug-likeness (QED) is 0.487. The smallest absolute Gasteiger partial charge is 0.229 e. The Labute approximate surface area is 161 Å². The van der Waals surface area contributed by atoms with Crippen LogP contribution in [0.15, 0.2) is 79.3 Å². The van der Waals surface area contributed by atoms with E-state index >= 15 is 0 Å². The fraction of sp³-hybridized carbons (Fsp3) is 0. The van der Waals surface area contributed by atoms with Gasteiger partial charge in [0.2, 0.25) is 5.95 Å². The third-order valence-corrected chi connectivity index (χ3v) is 4.57. The molecule has 2 aromatic carbocycles. The Morgan fingerprint density at radius 3 is 2.14 bits per heavy atom. The number of fused-ring (bicyclic) bond motifs is 2. The Hall–Kier alpha value is -4.06. The number of nitrogens with zero attached hydrogens (tertiary/aromatic N) is 4. The number of hydrogen-bond donors (Lipinski definition) is 2. The molecule has 0 bridgehead atoms. The number of rotatable bonds is 3. The number of anilines is 3. The molecular weight excluding hydrogens is 348 g/mol. The van der Waals surface area contributed by atoms with Crippen LogP contribution in [0.2, 0.25) is 0 Å². The SMILES string of the molecule is Nc1nc(Nc2cnc3ccccc3c2)ncc1-c1cnc2ccccc2c1. The van der Waals surface area contributed by atoms with Crippen molar-refractivity contribution in [3.8, 4) is 11.1 Å². The summed E-state index contributed by atoms with van der Waals surface area (Å²) in [7, 11) is 0. The molecule has 0 atom stereocenters. The number of nitrogens with one attached hydrogen (secondary N) is 1. The van der Waals surface area contributed by atoms with Crippen molar-refractivity contribution in [1.82, 2.24) is 19.9 Å². The molecule has 0 aliphatic rings. The summed E-state index contributed by atoms with van der Waals surface area (Å²) < 4.78 is 0. The van der Waals surface area contributed by atoms with Crippen LogP contribution in [-0.4, -0.2) is 19.9 Å². The average molecular weight is 364 g/mol. The summed E-state index contributed by atoms with van der Waals surface area (Å²) in [5.74, 6) is 0.815. The van der Waals surface area contributed by atoms with Gasteiger partial charge in [-0.2, -0.15) is 4.98 Å². The molecule has 3 N–H and O–H groups in total. The van der Waals surface area contributed by atoms with Gasteiger partial charge in [0.1, 0.15) is 5.82 Å². The highest BCUT2D eigenvalue weighted by Crippen LogP contribution is 2.27. The second-order valence-electron chi connectivity index (χ2n) is 6.45. The first-order valence-electron chi connectivity index (χ1n) is 8.86. The summed E-state index contributed by atoms with van der Waals surface area (Å²) in [6.45, 7) is 0. The van der Waals surface area contributed by atoms with Crippen LogP contribution in [0, 0.1) is 0 Å². The van der Waals surface area contributed by atoms with E-state index < -0.39 is 0 Å². The molecule has 6 nitrogen and oxygen atoms in total. The number of pyridine rings is 2. The summed E-state index contributed by atoms with van der Waals surface area (Å²) in [5.41, 5.74) is 10.5. The first kappa shape index (κ1) is 16.1. The molecule has 0 fully saturated rings. The lowest BCUT2D eigenvalue weighted by Crippen LogP contribution is -2.02. The van der Waals surface area contributed by atoms with Gasteiger partial charge in [-0.25, -0.2) is 4.98 Å². The molecule has 0 aliphatic heterocycles. The van der Waals surface area contributed by atoms with Crippen molar-refractivity contribution < 1.29 is 0 Å². The van der Waals surface area contributed by atoms with E-state index in [4.69, 9.17) is 5.73 Å². The van der Waals surface area contributed by atoms with Gasteiger partial charge >= 0.3 is 0 Å². The summed E-state index contributed by atoms with van der Waals surface area (Å²) in [6, 6.07) is 19.9. The van der Waals surface area contributed by atoms with Gasteiger partial charge in [0.15, 0.2) is 0 Å². The highest BCUT2D eigenvalue weighted by molar-refractivity contribution is 5.86. The van der Waals surface area contributed by atoms with Crippen LogP contribution in [0.1, 0.15) is 0 Å². The van der Waals surface area contributed by atoms with Crippen molar-refractivity contribution in [2.75, 3.05) is 11.1 Å². The van der Waals surface area contributed by atoms with E-state index in [0.717, 1.165) is 38.6 Å². The molecule has 0 unspecified atom stereocenters. The van der Waals surface area contributed by atoms with Crippen LogP contribution in [0.5, 0.6) is 0 Å². The topological polar surface area (TPSA) is 89.6 Å². The Morgan fingerprint density at radius 1 is 0.714 bits per heavy atom. The number of aromatic nitrogens is 4. The highest BCUT2D eigenvalue weighted by atomic mass is 15.1. The van der Waals surface area contributed by atoms with Crippen molar-refractivity contribution in [3.63, 3.8) is 0 Å². The number of benzene rings is 2. The first-order valence-corrected chi connectivity index (χ1v) is 8.86. The Morgan fingerprint density at radius 2 is 1.39 bits per heavy atom. The lowest BCUT2D eigenvalue weighted by Gasteiger charge is -2.09. The van der Waals surface area contributed by atoms with Crippen molar-refractivity contribution in [2.45, 2.75) is 0 Å². The van der Waals surface area contributed by atoms with E-state index in [1.807, 2.05) is 60.7 Å². The fourth-order valence-corrected chi connectivity index (χ4v) is 3.16. The predicted octanol–water partition coefficient (Wildman–Crippen LogP) is 4.57. The maximum atomic E-state index is 6.21. The lowest BCUT2D eigenvalue weighted by atomic mass is 10.1. The van der Waals surface area contributed by atoms with E-state index in [1.54, 1.807) is 18.6 Å². The second-order valence-corrected chi connectivity index (χ2v) is 6.45. The molecule has 0 saturated carbocycles. The van der Waals surface area contributed by atoms with E-state index in [9.17, 15) is 0 Å². The van der Waals surface area contributed by atoms with Gasteiger partial charge < -0.3 is 11.1 Å². The van der Waals surface area contributed by atoms with Gasteiger partial charge in [-0.1, -0.05) is 36.4 Å².